The van der Waals surface area contributed by atoms with E-state index < -0.39 is 29.6 Å². The third-order valence-corrected chi connectivity index (χ3v) is 4.59. The SMILES string of the molecule is C[C@H](OC(=O)Cc1csc(-c2cccnc2)n1)C(=O)Nc1cc(F)ccc1F. The number of nitrogens with one attached hydrogen (secondary N) is 1. The van der Waals surface area contributed by atoms with Crippen molar-refractivity contribution in [3.05, 3.63) is 65.4 Å². The molecule has 1 atom stereocenters. The van der Waals surface area contributed by atoms with Crippen molar-refractivity contribution in [2.24, 2.45) is 0 Å². The van der Waals surface area contributed by atoms with Crippen LogP contribution in [0.15, 0.2) is 48.1 Å². The van der Waals surface area contributed by atoms with Crippen LogP contribution < -0.4 is 5.32 Å². The van der Waals surface area contributed by atoms with Gasteiger partial charge in [0.05, 0.1) is 17.8 Å². The van der Waals surface area contributed by atoms with Gasteiger partial charge >= 0.3 is 5.97 Å². The first-order valence-corrected chi connectivity index (χ1v) is 9.10. The van der Waals surface area contributed by atoms with Crippen molar-refractivity contribution in [1.29, 1.82) is 0 Å². The molecular weight excluding hydrogens is 388 g/mol. The molecule has 1 N–H and O–H groups in total. The van der Waals surface area contributed by atoms with Gasteiger partial charge in [0.2, 0.25) is 0 Å². The van der Waals surface area contributed by atoms with Crippen LogP contribution in [0.5, 0.6) is 0 Å². The fourth-order valence-electron chi connectivity index (χ4n) is 2.28. The molecule has 0 unspecified atom stereocenters. The number of aromatic nitrogens is 2. The monoisotopic (exact) mass is 403 g/mol. The van der Waals surface area contributed by atoms with Crippen LogP contribution in [0.1, 0.15) is 12.6 Å². The minimum Gasteiger partial charge on any atom is -0.452 e. The smallest absolute Gasteiger partial charge is 0.312 e. The van der Waals surface area contributed by atoms with Gasteiger partial charge in [-0.1, -0.05) is 0 Å². The number of thiazole rings is 1. The lowest BCUT2D eigenvalue weighted by Gasteiger charge is -2.13. The van der Waals surface area contributed by atoms with Crippen molar-refractivity contribution in [1.82, 2.24) is 9.97 Å². The van der Waals surface area contributed by atoms with Crippen LogP contribution in [0.2, 0.25) is 0 Å². The molecule has 0 aliphatic carbocycles. The summed E-state index contributed by atoms with van der Waals surface area (Å²) in [6.45, 7) is 1.34. The molecule has 1 aromatic carbocycles. The van der Waals surface area contributed by atoms with Gasteiger partial charge in [0.1, 0.15) is 16.6 Å². The number of anilines is 1. The molecule has 0 aliphatic rings. The van der Waals surface area contributed by atoms with E-state index in [0.29, 0.717) is 10.7 Å². The van der Waals surface area contributed by atoms with E-state index in [1.165, 1.54) is 18.3 Å². The molecule has 3 rings (SSSR count). The van der Waals surface area contributed by atoms with E-state index in [0.717, 1.165) is 23.8 Å². The number of rotatable bonds is 6. The van der Waals surface area contributed by atoms with Gasteiger partial charge in [-0.15, -0.1) is 11.3 Å². The lowest BCUT2D eigenvalue weighted by molar-refractivity contribution is -0.152. The molecular formula is C19H15F2N3O3S. The number of carbonyl (C=O) groups excluding carboxylic acids is 2. The van der Waals surface area contributed by atoms with Crippen LogP contribution in [-0.4, -0.2) is 27.9 Å². The van der Waals surface area contributed by atoms with Crippen molar-refractivity contribution in [2.75, 3.05) is 5.32 Å². The second kappa shape index (κ2) is 8.66. The summed E-state index contributed by atoms with van der Waals surface area (Å²) >= 11 is 1.36. The van der Waals surface area contributed by atoms with Gasteiger partial charge in [0.25, 0.3) is 5.91 Å². The van der Waals surface area contributed by atoms with E-state index in [2.05, 4.69) is 15.3 Å². The van der Waals surface area contributed by atoms with Gasteiger partial charge in [0.15, 0.2) is 6.10 Å². The number of halogens is 2. The minimum atomic E-state index is -1.19. The van der Waals surface area contributed by atoms with E-state index in [4.69, 9.17) is 4.74 Å². The lowest BCUT2D eigenvalue weighted by atomic mass is 10.2. The van der Waals surface area contributed by atoms with Crippen molar-refractivity contribution in [3.8, 4) is 10.6 Å². The Labute approximate surface area is 163 Å². The average molecular weight is 403 g/mol. The molecule has 0 radical (unpaired) electrons. The highest BCUT2D eigenvalue weighted by Gasteiger charge is 2.20. The molecule has 2 heterocycles. The first kappa shape index (κ1) is 19.6. The molecule has 0 fully saturated rings. The highest BCUT2D eigenvalue weighted by molar-refractivity contribution is 7.13. The molecule has 1 amide bonds. The summed E-state index contributed by atoms with van der Waals surface area (Å²) in [6.07, 6.45) is 2.01. The molecule has 0 bridgehead atoms. The Morgan fingerprint density at radius 2 is 2.11 bits per heavy atom. The molecule has 0 saturated carbocycles. The maximum absolute atomic E-state index is 13.6. The first-order chi connectivity index (χ1) is 13.4. The second-order valence-corrected chi connectivity index (χ2v) is 6.67. The fraction of sp³-hybridized carbons (Fsp3) is 0.158. The summed E-state index contributed by atoms with van der Waals surface area (Å²) < 4.78 is 31.8. The molecule has 9 heteroatoms. The molecule has 0 aliphatic heterocycles. The first-order valence-electron chi connectivity index (χ1n) is 8.22. The van der Waals surface area contributed by atoms with E-state index in [-0.39, 0.29) is 12.1 Å². The lowest BCUT2D eigenvalue weighted by Crippen LogP contribution is -2.30. The third kappa shape index (κ3) is 4.95. The van der Waals surface area contributed by atoms with Gasteiger partial charge in [0, 0.05) is 29.4 Å². The Balaban J connectivity index is 1.56. The van der Waals surface area contributed by atoms with E-state index in [9.17, 15) is 18.4 Å². The number of esters is 1. The number of carbonyl (C=O) groups is 2. The van der Waals surface area contributed by atoms with Crippen LogP contribution in [0.25, 0.3) is 10.6 Å². The van der Waals surface area contributed by atoms with Crippen LogP contribution in [0, 0.1) is 11.6 Å². The number of ether oxygens (including phenoxy) is 1. The molecule has 0 spiro atoms. The number of hydrogen-bond donors (Lipinski definition) is 1. The van der Waals surface area contributed by atoms with Gasteiger partial charge < -0.3 is 10.1 Å². The zero-order valence-electron chi connectivity index (χ0n) is 14.7. The molecule has 0 saturated heterocycles. The number of hydrogen-bond acceptors (Lipinski definition) is 6. The summed E-state index contributed by atoms with van der Waals surface area (Å²) in [5.74, 6) is -2.93. The number of amides is 1. The normalized spacial score (nSPS) is 11.7. The van der Waals surface area contributed by atoms with Gasteiger partial charge in [-0.25, -0.2) is 13.8 Å². The third-order valence-electron chi connectivity index (χ3n) is 3.65. The summed E-state index contributed by atoms with van der Waals surface area (Å²) in [7, 11) is 0. The van der Waals surface area contributed by atoms with Crippen molar-refractivity contribution in [2.45, 2.75) is 19.4 Å². The maximum atomic E-state index is 13.6. The van der Waals surface area contributed by atoms with Gasteiger partial charge in [-0.2, -0.15) is 0 Å². The van der Waals surface area contributed by atoms with Crippen LogP contribution in [0.3, 0.4) is 0 Å². The standard InChI is InChI=1S/C19H15F2N3O3S/c1-11(18(26)24-16-7-13(20)4-5-15(16)21)27-17(25)8-14-10-28-19(23-14)12-3-2-6-22-9-12/h2-7,9-11H,8H2,1H3,(H,24,26)/t11-/m0/s1. The predicted octanol–water partition coefficient (Wildman–Crippen LogP) is 3.60. The van der Waals surface area contributed by atoms with Crippen LogP contribution in [0.4, 0.5) is 14.5 Å². The Morgan fingerprint density at radius 1 is 1.29 bits per heavy atom. The number of nitrogens with zero attached hydrogens (tertiary/aromatic N) is 2. The Morgan fingerprint density at radius 3 is 2.86 bits per heavy atom. The van der Waals surface area contributed by atoms with Crippen molar-refractivity contribution >= 4 is 28.9 Å². The van der Waals surface area contributed by atoms with E-state index >= 15 is 0 Å². The van der Waals surface area contributed by atoms with Crippen LogP contribution >= 0.6 is 11.3 Å². The molecule has 28 heavy (non-hydrogen) atoms. The highest BCUT2D eigenvalue weighted by Crippen LogP contribution is 2.23. The Bertz CT molecular complexity index is 995. The van der Waals surface area contributed by atoms with Crippen LogP contribution in [-0.2, 0) is 20.7 Å². The largest absolute Gasteiger partial charge is 0.452 e. The molecule has 3 aromatic rings. The van der Waals surface area contributed by atoms with Crippen molar-refractivity contribution < 1.29 is 23.1 Å². The Kier molecular flexibility index (Phi) is 6.05. The number of benzene rings is 1. The predicted molar refractivity (Wildman–Crippen MR) is 99.6 cm³/mol. The Hall–Kier alpha value is -3.20. The number of pyridine rings is 1. The van der Waals surface area contributed by atoms with E-state index in [1.807, 2.05) is 6.07 Å². The minimum absolute atomic E-state index is 0.122. The summed E-state index contributed by atoms with van der Waals surface area (Å²) in [5.41, 5.74) is 1.00. The topological polar surface area (TPSA) is 81.2 Å². The molecule has 6 nitrogen and oxygen atoms in total. The summed E-state index contributed by atoms with van der Waals surface area (Å²) in [6, 6.07) is 6.31. The van der Waals surface area contributed by atoms with Crippen molar-refractivity contribution in [3.63, 3.8) is 0 Å². The zero-order chi connectivity index (χ0) is 20.1. The van der Waals surface area contributed by atoms with Gasteiger partial charge in [-0.05, 0) is 31.2 Å². The second-order valence-electron chi connectivity index (χ2n) is 5.81. The fourth-order valence-corrected chi connectivity index (χ4v) is 3.09. The maximum Gasteiger partial charge on any atom is 0.312 e. The quantitative estimate of drug-likeness (QED) is 0.636. The zero-order valence-corrected chi connectivity index (χ0v) is 15.5. The summed E-state index contributed by atoms with van der Waals surface area (Å²) in [4.78, 5) is 32.5. The molecule has 144 valence electrons. The van der Waals surface area contributed by atoms with Gasteiger partial charge in [-0.3, -0.25) is 14.6 Å². The molecule has 2 aromatic heterocycles. The average Bonchev–Trinajstić information content (AvgIpc) is 3.13. The highest BCUT2D eigenvalue weighted by atomic mass is 32.1. The van der Waals surface area contributed by atoms with E-state index in [1.54, 1.807) is 23.8 Å². The summed E-state index contributed by atoms with van der Waals surface area (Å²) in [5, 5.41) is 4.62.